The molecule has 1 heterocycles. The van der Waals surface area contributed by atoms with E-state index in [9.17, 15) is 5.11 Å². The molecule has 112 valence electrons. The summed E-state index contributed by atoms with van der Waals surface area (Å²) in [6, 6.07) is 9.95. The smallest absolute Gasteiger partial charge is 0.119 e. The minimum absolute atomic E-state index is 0.599. The van der Waals surface area contributed by atoms with Crippen LogP contribution in [0.1, 0.15) is 13.8 Å². The van der Waals surface area contributed by atoms with Crippen molar-refractivity contribution >= 4 is 0 Å². The van der Waals surface area contributed by atoms with Gasteiger partial charge in [0.05, 0.1) is 5.60 Å². The second kappa shape index (κ2) is 7.07. The van der Waals surface area contributed by atoms with Gasteiger partial charge in [0, 0.05) is 39.3 Å². The molecule has 4 heteroatoms. The first-order valence-electron chi connectivity index (χ1n) is 7.38. The summed E-state index contributed by atoms with van der Waals surface area (Å²) < 4.78 is 5.72. The number of benzene rings is 1. The van der Waals surface area contributed by atoms with Crippen molar-refractivity contribution < 1.29 is 9.84 Å². The molecule has 0 atom stereocenters. The summed E-state index contributed by atoms with van der Waals surface area (Å²) in [5.41, 5.74) is -0.599. The Morgan fingerprint density at radius 2 is 1.65 bits per heavy atom. The highest BCUT2D eigenvalue weighted by Gasteiger charge is 2.22. The Kier molecular flexibility index (Phi) is 5.40. The second-order valence-corrected chi connectivity index (χ2v) is 6.09. The van der Waals surface area contributed by atoms with Gasteiger partial charge in [-0.25, -0.2) is 0 Å². The third-order valence-corrected chi connectivity index (χ3v) is 3.49. The van der Waals surface area contributed by atoms with Crippen LogP contribution >= 0.6 is 0 Å². The summed E-state index contributed by atoms with van der Waals surface area (Å²) in [6.07, 6.45) is 0. The molecule has 4 nitrogen and oxygen atoms in total. The van der Waals surface area contributed by atoms with Crippen LogP contribution in [0, 0.1) is 0 Å². The van der Waals surface area contributed by atoms with Gasteiger partial charge in [0.25, 0.3) is 0 Å². The monoisotopic (exact) mass is 278 g/mol. The number of hydrogen-bond acceptors (Lipinski definition) is 4. The lowest BCUT2D eigenvalue weighted by Gasteiger charge is -2.37. The van der Waals surface area contributed by atoms with E-state index in [0.717, 1.165) is 51.6 Å². The number of para-hydroxylation sites is 1. The normalized spacial score (nSPS) is 18.1. The topological polar surface area (TPSA) is 35.9 Å². The number of hydrogen-bond donors (Lipinski definition) is 1. The van der Waals surface area contributed by atoms with E-state index in [1.807, 2.05) is 44.2 Å². The number of rotatable bonds is 6. The molecule has 1 aliphatic heterocycles. The molecule has 0 radical (unpaired) electrons. The maximum atomic E-state index is 9.83. The molecule has 1 saturated heterocycles. The molecule has 1 fully saturated rings. The fourth-order valence-corrected chi connectivity index (χ4v) is 2.53. The summed E-state index contributed by atoms with van der Waals surface area (Å²) in [6.45, 7) is 10.3. The third-order valence-electron chi connectivity index (χ3n) is 3.49. The summed E-state index contributed by atoms with van der Waals surface area (Å²) in [5.74, 6) is 0.938. The molecular formula is C16H26N2O2. The Hall–Kier alpha value is -1.10. The number of ether oxygens (including phenoxy) is 1. The van der Waals surface area contributed by atoms with Gasteiger partial charge < -0.3 is 9.84 Å². The Morgan fingerprint density at radius 3 is 2.25 bits per heavy atom. The molecule has 0 unspecified atom stereocenters. The minimum atomic E-state index is -0.599. The van der Waals surface area contributed by atoms with Crippen LogP contribution in [0.5, 0.6) is 5.75 Å². The van der Waals surface area contributed by atoms with Gasteiger partial charge in [-0.3, -0.25) is 9.80 Å². The molecule has 20 heavy (non-hydrogen) atoms. The van der Waals surface area contributed by atoms with E-state index in [4.69, 9.17) is 4.74 Å². The predicted octanol–water partition coefficient (Wildman–Crippen LogP) is 1.45. The molecule has 2 rings (SSSR count). The van der Waals surface area contributed by atoms with Crippen LogP contribution in [0.15, 0.2) is 30.3 Å². The van der Waals surface area contributed by atoms with Crippen LogP contribution in [-0.2, 0) is 0 Å². The van der Waals surface area contributed by atoms with Crippen LogP contribution in [0.2, 0.25) is 0 Å². The van der Waals surface area contributed by atoms with E-state index in [1.54, 1.807) is 0 Å². The van der Waals surface area contributed by atoms with Crippen LogP contribution in [0.25, 0.3) is 0 Å². The largest absolute Gasteiger partial charge is 0.492 e. The van der Waals surface area contributed by atoms with Crippen molar-refractivity contribution in [1.82, 2.24) is 9.80 Å². The molecule has 0 amide bonds. The van der Waals surface area contributed by atoms with Gasteiger partial charge >= 0.3 is 0 Å². The molecule has 0 aliphatic carbocycles. The molecule has 0 bridgehead atoms. The van der Waals surface area contributed by atoms with Crippen molar-refractivity contribution in [2.45, 2.75) is 19.4 Å². The molecule has 1 N–H and O–H groups in total. The van der Waals surface area contributed by atoms with E-state index in [1.165, 1.54) is 0 Å². The van der Waals surface area contributed by atoms with Gasteiger partial charge in [-0.1, -0.05) is 18.2 Å². The zero-order chi connectivity index (χ0) is 14.4. The van der Waals surface area contributed by atoms with E-state index in [2.05, 4.69) is 9.80 Å². The van der Waals surface area contributed by atoms with Gasteiger partial charge in [-0.05, 0) is 26.0 Å². The van der Waals surface area contributed by atoms with Crippen molar-refractivity contribution in [2.24, 2.45) is 0 Å². The molecule has 1 aromatic rings. The molecular weight excluding hydrogens is 252 g/mol. The number of β-amino-alcohol motifs (C(OH)–C–C–N with tert-alkyl or cyclic N) is 1. The Balaban J connectivity index is 1.62. The first-order chi connectivity index (χ1) is 9.53. The Labute approximate surface area is 122 Å². The van der Waals surface area contributed by atoms with Crippen LogP contribution in [0.3, 0.4) is 0 Å². The fraction of sp³-hybridized carbons (Fsp3) is 0.625. The van der Waals surface area contributed by atoms with E-state index < -0.39 is 5.60 Å². The van der Waals surface area contributed by atoms with Crippen LogP contribution in [0.4, 0.5) is 0 Å². The summed E-state index contributed by atoms with van der Waals surface area (Å²) >= 11 is 0. The SMILES string of the molecule is CC(C)(O)CN1CCN(CCOc2ccccc2)CC1. The quantitative estimate of drug-likeness (QED) is 0.854. The predicted molar refractivity (Wildman–Crippen MR) is 81.1 cm³/mol. The molecule has 0 aromatic heterocycles. The highest BCUT2D eigenvalue weighted by atomic mass is 16.5. The summed E-state index contributed by atoms with van der Waals surface area (Å²) in [7, 11) is 0. The van der Waals surface area contributed by atoms with Gasteiger partial charge in [-0.2, -0.15) is 0 Å². The van der Waals surface area contributed by atoms with E-state index in [0.29, 0.717) is 0 Å². The van der Waals surface area contributed by atoms with Gasteiger partial charge in [-0.15, -0.1) is 0 Å². The van der Waals surface area contributed by atoms with Crippen LogP contribution in [-0.4, -0.2) is 66.4 Å². The zero-order valence-electron chi connectivity index (χ0n) is 12.6. The van der Waals surface area contributed by atoms with Crippen molar-refractivity contribution in [3.63, 3.8) is 0 Å². The lowest BCUT2D eigenvalue weighted by Crippen LogP contribution is -2.51. The Morgan fingerprint density at radius 1 is 1.05 bits per heavy atom. The molecule has 0 spiro atoms. The van der Waals surface area contributed by atoms with Gasteiger partial charge in [0.15, 0.2) is 0 Å². The average molecular weight is 278 g/mol. The van der Waals surface area contributed by atoms with E-state index >= 15 is 0 Å². The standard InChI is InChI=1S/C16H26N2O2/c1-16(2,19)14-18-10-8-17(9-11-18)12-13-20-15-6-4-3-5-7-15/h3-7,19H,8-14H2,1-2H3. The highest BCUT2D eigenvalue weighted by molar-refractivity contribution is 5.20. The van der Waals surface area contributed by atoms with Crippen molar-refractivity contribution in [2.75, 3.05) is 45.9 Å². The minimum Gasteiger partial charge on any atom is -0.492 e. The lowest BCUT2D eigenvalue weighted by molar-refractivity contribution is 0.0162. The van der Waals surface area contributed by atoms with E-state index in [-0.39, 0.29) is 0 Å². The first-order valence-corrected chi connectivity index (χ1v) is 7.38. The first kappa shape index (κ1) is 15.3. The van der Waals surface area contributed by atoms with Gasteiger partial charge in [0.2, 0.25) is 0 Å². The summed E-state index contributed by atoms with van der Waals surface area (Å²) in [4.78, 5) is 4.75. The van der Waals surface area contributed by atoms with Crippen molar-refractivity contribution in [1.29, 1.82) is 0 Å². The average Bonchev–Trinajstić information content (AvgIpc) is 2.40. The number of nitrogens with zero attached hydrogens (tertiary/aromatic N) is 2. The summed E-state index contributed by atoms with van der Waals surface area (Å²) in [5, 5.41) is 9.83. The molecule has 1 aromatic carbocycles. The fourth-order valence-electron chi connectivity index (χ4n) is 2.53. The number of aliphatic hydroxyl groups is 1. The maximum absolute atomic E-state index is 9.83. The van der Waals surface area contributed by atoms with Crippen LogP contribution < -0.4 is 4.74 Å². The zero-order valence-corrected chi connectivity index (χ0v) is 12.6. The van der Waals surface area contributed by atoms with Gasteiger partial charge in [0.1, 0.15) is 12.4 Å². The maximum Gasteiger partial charge on any atom is 0.119 e. The second-order valence-electron chi connectivity index (χ2n) is 6.09. The van der Waals surface area contributed by atoms with Crippen molar-refractivity contribution in [3.05, 3.63) is 30.3 Å². The van der Waals surface area contributed by atoms with Crippen molar-refractivity contribution in [3.8, 4) is 5.75 Å². The highest BCUT2D eigenvalue weighted by Crippen LogP contribution is 2.10. The molecule has 1 aliphatic rings. The third kappa shape index (κ3) is 5.49. The number of piperazine rings is 1. The molecule has 0 saturated carbocycles. The lowest BCUT2D eigenvalue weighted by atomic mass is 10.1. The Bertz CT molecular complexity index is 381.